The van der Waals surface area contributed by atoms with Gasteiger partial charge in [-0.05, 0) is 96.3 Å². The van der Waals surface area contributed by atoms with E-state index in [-0.39, 0.29) is 31.1 Å². The van der Waals surface area contributed by atoms with Crippen LogP contribution >= 0.6 is 0 Å². The fraction of sp³-hybridized carbons (Fsp3) is 0.767. The van der Waals surface area contributed by atoms with E-state index in [0.29, 0.717) is 19.3 Å². The van der Waals surface area contributed by atoms with Gasteiger partial charge in [0.25, 0.3) is 0 Å². The molecule has 0 saturated carbocycles. The zero-order valence-corrected chi connectivity index (χ0v) is 52.4. The van der Waals surface area contributed by atoms with Crippen LogP contribution in [0.5, 0.6) is 0 Å². The molecule has 456 valence electrons. The molecule has 79 heavy (non-hydrogen) atoms. The predicted molar refractivity (Wildman–Crippen MR) is 344 cm³/mol. The van der Waals surface area contributed by atoms with E-state index in [1.807, 2.05) is 0 Å². The molecule has 0 aliphatic heterocycles. The Bertz CT molecular complexity index is 1500. The van der Waals surface area contributed by atoms with Crippen LogP contribution in [0.1, 0.15) is 342 Å². The third-order valence-corrected chi connectivity index (χ3v) is 14.9. The summed E-state index contributed by atoms with van der Waals surface area (Å²) in [7, 11) is 0. The van der Waals surface area contributed by atoms with Gasteiger partial charge in [0.1, 0.15) is 13.2 Å². The van der Waals surface area contributed by atoms with E-state index in [0.717, 1.165) is 103 Å². The fourth-order valence-corrected chi connectivity index (χ4v) is 9.80. The molecule has 0 spiro atoms. The number of carbonyl (C=O) groups excluding carboxylic acids is 3. The molecule has 1 unspecified atom stereocenters. The van der Waals surface area contributed by atoms with Crippen LogP contribution < -0.4 is 0 Å². The van der Waals surface area contributed by atoms with E-state index in [1.165, 1.54) is 199 Å². The van der Waals surface area contributed by atoms with Crippen molar-refractivity contribution in [2.75, 3.05) is 13.2 Å². The maximum atomic E-state index is 12.9. The van der Waals surface area contributed by atoms with Gasteiger partial charge in [0, 0.05) is 19.3 Å². The van der Waals surface area contributed by atoms with Crippen LogP contribution in [0, 0.1) is 0 Å². The number of ether oxygens (including phenoxy) is 3. The summed E-state index contributed by atoms with van der Waals surface area (Å²) in [5.74, 6) is -0.869. The normalized spacial score (nSPS) is 12.6. The Kier molecular flexibility index (Phi) is 64.2. The SMILES string of the molecule is CC/C=C\C/C=C\C/C=C\C/C=C\C/C=C\C/C=C\CCCCCCCCCCCCCCC(=O)OCC(COC(=O)CCCCCCC/C=C\CCCCC)OC(=O)CCCCCCCCCCCCCCCCCCCC. The van der Waals surface area contributed by atoms with Crippen molar-refractivity contribution < 1.29 is 28.6 Å². The first kappa shape index (κ1) is 75.6. The van der Waals surface area contributed by atoms with E-state index in [1.54, 1.807) is 0 Å². The van der Waals surface area contributed by atoms with Crippen molar-refractivity contribution in [2.24, 2.45) is 0 Å². The van der Waals surface area contributed by atoms with Crippen molar-refractivity contribution in [3.8, 4) is 0 Å². The summed E-state index contributed by atoms with van der Waals surface area (Å²) in [6.45, 7) is 6.54. The fourth-order valence-electron chi connectivity index (χ4n) is 9.80. The Morgan fingerprint density at radius 2 is 0.494 bits per heavy atom. The highest BCUT2D eigenvalue weighted by atomic mass is 16.6. The average molecular weight is 1100 g/mol. The lowest BCUT2D eigenvalue weighted by Crippen LogP contribution is -2.30. The van der Waals surface area contributed by atoms with Gasteiger partial charge in [-0.1, -0.05) is 311 Å². The second kappa shape index (κ2) is 67.1. The molecule has 0 rings (SSSR count). The molecule has 0 bridgehead atoms. The minimum Gasteiger partial charge on any atom is -0.462 e. The van der Waals surface area contributed by atoms with Gasteiger partial charge in [-0.25, -0.2) is 0 Å². The smallest absolute Gasteiger partial charge is 0.306 e. The molecule has 6 heteroatoms. The zero-order chi connectivity index (χ0) is 57.1. The quantitative estimate of drug-likeness (QED) is 0.0261. The summed E-state index contributed by atoms with van der Waals surface area (Å²) in [6.07, 6.45) is 88.9. The molecule has 0 aromatic carbocycles. The molecular weight excluding hydrogens is 973 g/mol. The first-order valence-corrected chi connectivity index (χ1v) is 34.1. The van der Waals surface area contributed by atoms with Crippen molar-refractivity contribution >= 4 is 17.9 Å². The number of rotatable bonds is 62. The Balaban J connectivity index is 4.21. The first-order valence-electron chi connectivity index (χ1n) is 34.1. The summed E-state index contributed by atoms with van der Waals surface area (Å²) >= 11 is 0. The van der Waals surface area contributed by atoms with Crippen LogP contribution in [0.25, 0.3) is 0 Å². The van der Waals surface area contributed by atoms with E-state index < -0.39 is 6.10 Å². The third-order valence-electron chi connectivity index (χ3n) is 14.9. The van der Waals surface area contributed by atoms with Crippen LogP contribution in [-0.2, 0) is 28.6 Å². The average Bonchev–Trinajstić information content (AvgIpc) is 3.45. The van der Waals surface area contributed by atoms with Crippen LogP contribution in [0.4, 0.5) is 0 Å². The van der Waals surface area contributed by atoms with E-state index in [4.69, 9.17) is 14.2 Å². The lowest BCUT2D eigenvalue weighted by Gasteiger charge is -2.18. The summed E-state index contributed by atoms with van der Waals surface area (Å²) in [6, 6.07) is 0. The molecule has 6 nitrogen and oxygen atoms in total. The maximum absolute atomic E-state index is 12.9. The molecule has 0 aliphatic rings. The Morgan fingerprint density at radius 3 is 0.810 bits per heavy atom. The summed E-state index contributed by atoms with van der Waals surface area (Å²) in [4.78, 5) is 38.3. The van der Waals surface area contributed by atoms with E-state index >= 15 is 0 Å². The van der Waals surface area contributed by atoms with Gasteiger partial charge in [0.15, 0.2) is 6.10 Å². The molecule has 1 atom stereocenters. The zero-order valence-electron chi connectivity index (χ0n) is 52.4. The van der Waals surface area contributed by atoms with Crippen LogP contribution in [0.3, 0.4) is 0 Å². The monoisotopic (exact) mass is 1100 g/mol. The van der Waals surface area contributed by atoms with Crippen molar-refractivity contribution in [3.05, 3.63) is 85.1 Å². The molecule has 0 amide bonds. The van der Waals surface area contributed by atoms with Crippen molar-refractivity contribution in [3.63, 3.8) is 0 Å². The van der Waals surface area contributed by atoms with Gasteiger partial charge in [-0.3, -0.25) is 14.4 Å². The summed E-state index contributed by atoms with van der Waals surface area (Å²) in [5, 5.41) is 0. The lowest BCUT2D eigenvalue weighted by atomic mass is 10.0. The molecule has 0 N–H and O–H groups in total. The minimum atomic E-state index is -0.778. The molecular formula is C73H128O6. The van der Waals surface area contributed by atoms with Gasteiger partial charge in [-0.15, -0.1) is 0 Å². The number of esters is 3. The van der Waals surface area contributed by atoms with Crippen molar-refractivity contribution in [1.29, 1.82) is 0 Å². The second-order valence-corrected chi connectivity index (χ2v) is 22.7. The molecule has 0 heterocycles. The highest BCUT2D eigenvalue weighted by Crippen LogP contribution is 2.17. The molecule has 0 fully saturated rings. The largest absolute Gasteiger partial charge is 0.462 e. The predicted octanol–water partition coefficient (Wildman–Crippen LogP) is 23.4. The number of carbonyl (C=O) groups is 3. The van der Waals surface area contributed by atoms with Crippen LogP contribution in [0.15, 0.2) is 85.1 Å². The molecule has 0 saturated heterocycles. The summed E-state index contributed by atoms with van der Waals surface area (Å²) in [5.41, 5.74) is 0. The van der Waals surface area contributed by atoms with Crippen molar-refractivity contribution in [2.45, 2.75) is 348 Å². The summed E-state index contributed by atoms with van der Waals surface area (Å²) < 4.78 is 16.9. The van der Waals surface area contributed by atoms with Crippen LogP contribution in [0.2, 0.25) is 0 Å². The molecule has 0 aromatic rings. The Hall–Kier alpha value is -3.41. The molecule has 0 aliphatic carbocycles. The van der Waals surface area contributed by atoms with Gasteiger partial charge in [0.2, 0.25) is 0 Å². The highest BCUT2D eigenvalue weighted by molar-refractivity contribution is 5.71. The maximum Gasteiger partial charge on any atom is 0.306 e. The Morgan fingerprint density at radius 1 is 0.266 bits per heavy atom. The van der Waals surface area contributed by atoms with Gasteiger partial charge < -0.3 is 14.2 Å². The highest BCUT2D eigenvalue weighted by Gasteiger charge is 2.19. The first-order chi connectivity index (χ1) is 39.0. The molecule has 0 radical (unpaired) electrons. The number of hydrogen-bond donors (Lipinski definition) is 0. The van der Waals surface area contributed by atoms with Gasteiger partial charge in [0.05, 0.1) is 0 Å². The van der Waals surface area contributed by atoms with E-state index in [9.17, 15) is 14.4 Å². The van der Waals surface area contributed by atoms with Crippen LogP contribution in [-0.4, -0.2) is 37.2 Å². The van der Waals surface area contributed by atoms with E-state index in [2.05, 4.69) is 106 Å². The second-order valence-electron chi connectivity index (χ2n) is 22.7. The van der Waals surface area contributed by atoms with Gasteiger partial charge in [-0.2, -0.15) is 0 Å². The Labute approximate surface area is 490 Å². The van der Waals surface area contributed by atoms with Gasteiger partial charge >= 0.3 is 17.9 Å². The van der Waals surface area contributed by atoms with Crippen molar-refractivity contribution in [1.82, 2.24) is 0 Å². The number of allylic oxidation sites excluding steroid dienone is 14. The standard InChI is InChI=1S/C73H128O6/c1-4-7-10-13-16-19-22-25-27-29-31-32-33-34-35-36-37-38-39-40-41-42-43-45-46-48-51-54-57-60-63-66-72(75)78-69-70(68-77-71(74)65-62-59-56-53-50-24-21-18-15-12-9-6-3)79-73(76)67-64-61-58-55-52-49-47-44-30-28-26-23-20-17-14-11-8-5-2/h7,10,16,18-19,21,25,27,31-32,34-35,37-38,70H,4-6,8-9,11-15,17,20,22-24,26,28-30,33,36,39-69H2,1-3H3/b10-7-,19-16-,21-18-,27-25-,32-31-,35-34-,38-37-. The third kappa shape index (κ3) is 65.3. The topological polar surface area (TPSA) is 78.9 Å². The minimum absolute atomic E-state index is 0.0759. The number of unbranched alkanes of at least 4 members (excludes halogenated alkanes) is 37. The molecule has 0 aromatic heterocycles. The number of hydrogen-bond acceptors (Lipinski definition) is 6. The lowest BCUT2D eigenvalue weighted by molar-refractivity contribution is -0.167.